The molecule has 1 aromatic carbocycles. The third-order valence-electron chi connectivity index (χ3n) is 3.38. The molecule has 0 bridgehead atoms. The topological polar surface area (TPSA) is 35.6 Å². The van der Waals surface area contributed by atoms with Crippen LogP contribution in [0.15, 0.2) is 22.7 Å². The number of rotatable bonds is 3. The molecule has 0 amide bonds. The second-order valence-electron chi connectivity index (χ2n) is 4.69. The Morgan fingerprint density at radius 1 is 1.38 bits per heavy atom. The van der Waals surface area contributed by atoms with Gasteiger partial charge in [0.2, 0.25) is 0 Å². The first-order chi connectivity index (χ1) is 10.1. The zero-order chi connectivity index (χ0) is 15.1. The van der Waals surface area contributed by atoms with Crippen LogP contribution in [0.4, 0.5) is 4.39 Å². The van der Waals surface area contributed by atoms with E-state index in [9.17, 15) is 4.39 Å². The molecule has 3 aromatic rings. The van der Waals surface area contributed by atoms with Gasteiger partial charge in [-0.15, -0.1) is 11.6 Å². The zero-order valence-electron chi connectivity index (χ0n) is 11.6. The molecule has 3 rings (SSSR count). The van der Waals surface area contributed by atoms with Crippen molar-refractivity contribution in [2.75, 3.05) is 0 Å². The molecule has 0 atom stereocenters. The van der Waals surface area contributed by atoms with Gasteiger partial charge in [0.15, 0.2) is 5.65 Å². The Hall–Kier alpha value is -1.40. The van der Waals surface area contributed by atoms with E-state index < -0.39 is 0 Å². The first kappa shape index (κ1) is 14.5. The van der Waals surface area contributed by atoms with Gasteiger partial charge in [0.05, 0.1) is 17.3 Å². The van der Waals surface area contributed by atoms with E-state index >= 15 is 0 Å². The summed E-state index contributed by atoms with van der Waals surface area (Å²) in [5.74, 6) is 0.471. The SMILES string of the molecule is CCc1nn(C)c2c1nc(CCl)n2-c1cc(Br)ccc1F. The Balaban J connectivity index is 2.40. The number of imidazole rings is 1. The van der Waals surface area contributed by atoms with Crippen LogP contribution in [0.5, 0.6) is 0 Å². The van der Waals surface area contributed by atoms with Crippen molar-refractivity contribution >= 4 is 38.7 Å². The first-order valence-electron chi connectivity index (χ1n) is 6.51. The number of nitrogens with zero attached hydrogens (tertiary/aromatic N) is 4. The Morgan fingerprint density at radius 2 is 2.14 bits per heavy atom. The summed E-state index contributed by atoms with van der Waals surface area (Å²) < 4.78 is 18.5. The van der Waals surface area contributed by atoms with Crippen molar-refractivity contribution in [2.45, 2.75) is 19.2 Å². The van der Waals surface area contributed by atoms with Crippen molar-refractivity contribution in [1.29, 1.82) is 0 Å². The lowest BCUT2D eigenvalue weighted by molar-refractivity contribution is 0.615. The Bertz CT molecular complexity index is 824. The van der Waals surface area contributed by atoms with Crippen molar-refractivity contribution in [1.82, 2.24) is 19.3 Å². The third kappa shape index (κ3) is 2.26. The molecule has 2 heterocycles. The molecule has 0 saturated carbocycles. The summed E-state index contributed by atoms with van der Waals surface area (Å²) in [6, 6.07) is 4.79. The van der Waals surface area contributed by atoms with Gasteiger partial charge < -0.3 is 0 Å². The largest absolute Gasteiger partial charge is 0.277 e. The molecule has 7 heteroatoms. The third-order valence-corrected chi connectivity index (χ3v) is 4.11. The maximum atomic E-state index is 14.3. The van der Waals surface area contributed by atoms with Gasteiger partial charge in [-0.3, -0.25) is 4.57 Å². The molecule has 2 aromatic heterocycles. The van der Waals surface area contributed by atoms with Crippen LogP contribution in [-0.4, -0.2) is 19.3 Å². The lowest BCUT2D eigenvalue weighted by atomic mass is 10.3. The number of aryl methyl sites for hydroxylation is 2. The number of alkyl halides is 1. The average Bonchev–Trinajstić information content (AvgIpc) is 2.99. The van der Waals surface area contributed by atoms with E-state index in [2.05, 4.69) is 26.0 Å². The fourth-order valence-electron chi connectivity index (χ4n) is 2.46. The number of hydrogen-bond donors (Lipinski definition) is 0. The maximum absolute atomic E-state index is 14.3. The molecule has 0 aliphatic rings. The van der Waals surface area contributed by atoms with Gasteiger partial charge in [-0.25, -0.2) is 14.1 Å². The molecule has 110 valence electrons. The van der Waals surface area contributed by atoms with E-state index in [1.54, 1.807) is 21.4 Å². The molecule has 0 aliphatic heterocycles. The maximum Gasteiger partial charge on any atom is 0.163 e. The van der Waals surface area contributed by atoms with Crippen molar-refractivity contribution in [3.05, 3.63) is 40.0 Å². The van der Waals surface area contributed by atoms with Crippen LogP contribution in [0, 0.1) is 5.82 Å². The van der Waals surface area contributed by atoms with Crippen molar-refractivity contribution in [3.8, 4) is 5.69 Å². The highest BCUT2D eigenvalue weighted by Crippen LogP contribution is 2.28. The molecule has 0 N–H and O–H groups in total. The predicted octanol–water partition coefficient (Wildman–Crippen LogP) is 3.96. The molecule has 0 spiro atoms. The Labute approximate surface area is 134 Å². The van der Waals surface area contributed by atoms with E-state index in [1.807, 2.05) is 14.0 Å². The fraction of sp³-hybridized carbons (Fsp3) is 0.286. The van der Waals surface area contributed by atoms with E-state index in [1.165, 1.54) is 6.07 Å². The van der Waals surface area contributed by atoms with Crippen LogP contribution in [-0.2, 0) is 19.3 Å². The van der Waals surface area contributed by atoms with Gasteiger partial charge >= 0.3 is 0 Å². The quantitative estimate of drug-likeness (QED) is 0.653. The summed E-state index contributed by atoms with van der Waals surface area (Å²) in [5.41, 5.74) is 2.82. The number of aromatic nitrogens is 4. The highest BCUT2D eigenvalue weighted by molar-refractivity contribution is 9.10. The average molecular weight is 372 g/mol. The minimum absolute atomic E-state index is 0.198. The normalized spacial score (nSPS) is 11.5. The van der Waals surface area contributed by atoms with Crippen LogP contribution < -0.4 is 0 Å². The molecular formula is C14H13BrClFN4. The Morgan fingerprint density at radius 3 is 2.81 bits per heavy atom. The first-order valence-corrected chi connectivity index (χ1v) is 7.84. The van der Waals surface area contributed by atoms with Crippen molar-refractivity contribution in [2.24, 2.45) is 7.05 Å². The smallest absolute Gasteiger partial charge is 0.163 e. The van der Waals surface area contributed by atoms with E-state index in [-0.39, 0.29) is 11.7 Å². The second-order valence-corrected chi connectivity index (χ2v) is 5.87. The number of halogens is 3. The molecule has 0 radical (unpaired) electrons. The molecule has 0 aliphatic carbocycles. The molecular weight excluding hydrogens is 359 g/mol. The molecule has 0 unspecified atom stereocenters. The van der Waals surface area contributed by atoms with Crippen LogP contribution in [0.1, 0.15) is 18.4 Å². The number of hydrogen-bond acceptors (Lipinski definition) is 2. The highest BCUT2D eigenvalue weighted by atomic mass is 79.9. The Kier molecular flexibility index (Phi) is 3.75. The summed E-state index contributed by atoms with van der Waals surface area (Å²) in [5, 5.41) is 4.44. The zero-order valence-corrected chi connectivity index (χ0v) is 13.9. The minimum Gasteiger partial charge on any atom is -0.277 e. The summed E-state index contributed by atoms with van der Waals surface area (Å²) in [6.45, 7) is 2.01. The van der Waals surface area contributed by atoms with Crippen molar-refractivity contribution in [3.63, 3.8) is 0 Å². The van der Waals surface area contributed by atoms with Crippen LogP contribution in [0.3, 0.4) is 0 Å². The number of fused-ring (bicyclic) bond motifs is 1. The molecule has 21 heavy (non-hydrogen) atoms. The van der Waals surface area contributed by atoms with Gasteiger partial charge in [-0.1, -0.05) is 22.9 Å². The van der Waals surface area contributed by atoms with Crippen LogP contribution in [0.25, 0.3) is 16.9 Å². The predicted molar refractivity (Wildman–Crippen MR) is 84.4 cm³/mol. The van der Waals surface area contributed by atoms with Gasteiger partial charge in [0, 0.05) is 11.5 Å². The highest BCUT2D eigenvalue weighted by Gasteiger charge is 2.21. The molecule has 0 saturated heterocycles. The van der Waals surface area contributed by atoms with Gasteiger partial charge in [-0.05, 0) is 24.6 Å². The standard InChI is InChI=1S/C14H13BrClFN4/c1-3-10-13-14(20(2)19-10)21(12(7-16)18-13)11-6-8(15)4-5-9(11)17/h4-6H,3,7H2,1-2H3. The van der Waals surface area contributed by atoms with E-state index in [4.69, 9.17) is 11.6 Å². The minimum atomic E-state index is -0.330. The van der Waals surface area contributed by atoms with Crippen LogP contribution >= 0.6 is 27.5 Å². The summed E-state index contributed by atoms with van der Waals surface area (Å²) >= 11 is 9.38. The van der Waals surface area contributed by atoms with Gasteiger partial charge in [0.25, 0.3) is 0 Å². The van der Waals surface area contributed by atoms with Crippen LogP contribution in [0.2, 0.25) is 0 Å². The lowest BCUT2D eigenvalue weighted by Crippen LogP contribution is -2.06. The molecule has 0 fully saturated rings. The van der Waals surface area contributed by atoms with Crippen molar-refractivity contribution < 1.29 is 4.39 Å². The fourth-order valence-corrected chi connectivity index (χ4v) is 2.99. The summed E-state index contributed by atoms with van der Waals surface area (Å²) in [6.07, 6.45) is 0.761. The second kappa shape index (κ2) is 5.42. The summed E-state index contributed by atoms with van der Waals surface area (Å²) in [7, 11) is 1.83. The van der Waals surface area contributed by atoms with Gasteiger partial charge in [-0.2, -0.15) is 5.10 Å². The number of benzene rings is 1. The van der Waals surface area contributed by atoms with E-state index in [0.717, 1.165) is 27.8 Å². The molecule has 4 nitrogen and oxygen atoms in total. The lowest BCUT2D eigenvalue weighted by Gasteiger charge is -2.10. The van der Waals surface area contributed by atoms with Gasteiger partial charge in [0.1, 0.15) is 17.2 Å². The van der Waals surface area contributed by atoms with E-state index in [0.29, 0.717) is 11.5 Å². The monoisotopic (exact) mass is 370 g/mol. The summed E-state index contributed by atoms with van der Waals surface area (Å²) in [4.78, 5) is 4.54.